The third kappa shape index (κ3) is 5.18. The van der Waals surface area contributed by atoms with Crippen LogP contribution >= 0.6 is 11.6 Å². The van der Waals surface area contributed by atoms with Gasteiger partial charge in [0.15, 0.2) is 0 Å². The van der Waals surface area contributed by atoms with Crippen molar-refractivity contribution >= 4 is 35.3 Å². The average molecular weight is 428 g/mol. The average Bonchev–Trinajstić information content (AvgIpc) is 3.22. The molecule has 0 fully saturated rings. The lowest BCUT2D eigenvalue weighted by atomic mass is 10.2. The first-order valence-electron chi connectivity index (χ1n) is 8.72. The monoisotopic (exact) mass is 427 g/mol. The Bertz CT molecular complexity index is 1090. The molecule has 0 saturated heterocycles. The van der Waals surface area contributed by atoms with Crippen LogP contribution in [0.3, 0.4) is 0 Å². The molecule has 8 nitrogen and oxygen atoms in total. The summed E-state index contributed by atoms with van der Waals surface area (Å²) in [5, 5.41) is 6.78. The summed E-state index contributed by atoms with van der Waals surface area (Å²) in [6, 6.07) is 15.4. The summed E-state index contributed by atoms with van der Waals surface area (Å²) in [7, 11) is 2.93. The van der Waals surface area contributed by atoms with Crippen molar-refractivity contribution < 1.29 is 23.5 Å². The third-order valence-corrected chi connectivity index (χ3v) is 4.19. The second-order valence-corrected chi connectivity index (χ2v) is 6.37. The van der Waals surface area contributed by atoms with E-state index in [0.717, 1.165) is 5.56 Å². The van der Waals surface area contributed by atoms with Crippen molar-refractivity contribution in [3.8, 4) is 22.8 Å². The van der Waals surface area contributed by atoms with Gasteiger partial charge >= 0.3 is 11.8 Å². The molecular weight excluding hydrogens is 410 g/mol. The number of anilines is 1. The molecule has 3 aromatic rings. The quantitative estimate of drug-likeness (QED) is 0.354. The zero-order valence-corrected chi connectivity index (χ0v) is 16.9. The summed E-state index contributed by atoms with van der Waals surface area (Å²) >= 11 is 5.98. The number of nitrogens with one attached hydrogen (secondary N) is 2. The summed E-state index contributed by atoms with van der Waals surface area (Å²) in [6.45, 7) is 0. The fourth-order valence-corrected chi connectivity index (χ4v) is 2.71. The molecule has 2 N–H and O–H groups in total. The van der Waals surface area contributed by atoms with Gasteiger partial charge in [-0.1, -0.05) is 23.7 Å². The number of methoxy groups -OCH3 is 2. The lowest BCUT2D eigenvalue weighted by Gasteiger charge is -2.10. The number of hydrazone groups is 1. The molecular formula is C21H18ClN3O5. The molecule has 0 aliphatic heterocycles. The molecule has 1 aromatic heterocycles. The van der Waals surface area contributed by atoms with Crippen LogP contribution in [0, 0.1) is 0 Å². The van der Waals surface area contributed by atoms with Gasteiger partial charge in [0.05, 0.1) is 26.1 Å². The summed E-state index contributed by atoms with van der Waals surface area (Å²) < 4.78 is 15.9. The van der Waals surface area contributed by atoms with Gasteiger partial charge in [0.2, 0.25) is 0 Å². The Balaban J connectivity index is 1.60. The van der Waals surface area contributed by atoms with E-state index >= 15 is 0 Å². The minimum absolute atomic E-state index is 0.290. The van der Waals surface area contributed by atoms with E-state index in [4.69, 9.17) is 25.5 Å². The molecule has 0 aliphatic rings. The van der Waals surface area contributed by atoms with Gasteiger partial charge in [0.1, 0.15) is 23.0 Å². The minimum atomic E-state index is -0.960. The van der Waals surface area contributed by atoms with Crippen molar-refractivity contribution in [2.24, 2.45) is 5.10 Å². The normalized spacial score (nSPS) is 10.6. The van der Waals surface area contributed by atoms with Crippen molar-refractivity contribution in [1.29, 1.82) is 0 Å². The molecule has 2 aromatic carbocycles. The van der Waals surface area contributed by atoms with Gasteiger partial charge in [-0.15, -0.1) is 0 Å². The molecule has 9 heteroatoms. The second kappa shape index (κ2) is 9.62. The first-order valence-corrected chi connectivity index (χ1v) is 9.10. The molecule has 0 spiro atoms. The van der Waals surface area contributed by atoms with Crippen LogP contribution in [-0.2, 0) is 9.59 Å². The zero-order valence-electron chi connectivity index (χ0n) is 16.1. The van der Waals surface area contributed by atoms with E-state index < -0.39 is 11.8 Å². The minimum Gasteiger partial charge on any atom is -0.497 e. The molecule has 30 heavy (non-hydrogen) atoms. The van der Waals surface area contributed by atoms with Crippen LogP contribution in [0.4, 0.5) is 5.69 Å². The summed E-state index contributed by atoms with van der Waals surface area (Å²) in [5.41, 5.74) is 3.23. The SMILES string of the molecule is COc1ccc(OC)c(NC(=O)C(=O)N/N=C/c2ccc(-c3cccc(Cl)c3)o2)c1. The van der Waals surface area contributed by atoms with Crippen LogP contribution in [0.15, 0.2) is 64.1 Å². The lowest BCUT2D eigenvalue weighted by molar-refractivity contribution is -0.136. The first kappa shape index (κ1) is 20.9. The molecule has 0 unspecified atom stereocenters. The van der Waals surface area contributed by atoms with Gasteiger partial charge < -0.3 is 19.2 Å². The first-order chi connectivity index (χ1) is 14.5. The van der Waals surface area contributed by atoms with Crippen molar-refractivity contribution in [2.45, 2.75) is 0 Å². The number of hydrogen-bond acceptors (Lipinski definition) is 6. The highest BCUT2D eigenvalue weighted by Gasteiger charge is 2.16. The zero-order chi connectivity index (χ0) is 21.5. The van der Waals surface area contributed by atoms with Gasteiger partial charge in [-0.2, -0.15) is 5.10 Å². The maximum Gasteiger partial charge on any atom is 0.329 e. The number of amides is 2. The van der Waals surface area contributed by atoms with Crippen LogP contribution in [0.25, 0.3) is 11.3 Å². The number of benzene rings is 2. The molecule has 0 atom stereocenters. The van der Waals surface area contributed by atoms with Crippen LogP contribution in [0.2, 0.25) is 5.02 Å². The van der Waals surface area contributed by atoms with E-state index in [9.17, 15) is 9.59 Å². The maximum atomic E-state index is 12.1. The fraction of sp³-hybridized carbons (Fsp3) is 0.0952. The fourth-order valence-electron chi connectivity index (χ4n) is 2.52. The predicted octanol–water partition coefficient (Wildman–Crippen LogP) is 3.71. The summed E-state index contributed by atoms with van der Waals surface area (Å²) in [4.78, 5) is 24.1. The van der Waals surface area contributed by atoms with Gasteiger partial charge in [-0.25, -0.2) is 5.43 Å². The van der Waals surface area contributed by atoms with E-state index in [0.29, 0.717) is 28.0 Å². The Kier molecular flexibility index (Phi) is 6.71. The molecule has 0 bridgehead atoms. The van der Waals surface area contributed by atoms with E-state index in [-0.39, 0.29) is 5.69 Å². The van der Waals surface area contributed by atoms with E-state index in [1.165, 1.54) is 26.5 Å². The largest absolute Gasteiger partial charge is 0.497 e. The molecule has 154 valence electrons. The smallest absolute Gasteiger partial charge is 0.329 e. The van der Waals surface area contributed by atoms with E-state index in [1.807, 2.05) is 12.1 Å². The number of nitrogens with zero attached hydrogens (tertiary/aromatic N) is 1. The van der Waals surface area contributed by atoms with Gasteiger partial charge in [-0.05, 0) is 36.4 Å². The van der Waals surface area contributed by atoms with E-state index in [2.05, 4.69) is 15.8 Å². The van der Waals surface area contributed by atoms with Crippen LogP contribution in [0.1, 0.15) is 5.76 Å². The van der Waals surface area contributed by atoms with Crippen molar-refractivity contribution in [3.05, 3.63) is 65.4 Å². The molecule has 3 rings (SSSR count). The Morgan fingerprint density at radius 3 is 2.60 bits per heavy atom. The van der Waals surface area contributed by atoms with Crippen LogP contribution < -0.4 is 20.2 Å². The van der Waals surface area contributed by atoms with Gasteiger partial charge in [-0.3, -0.25) is 9.59 Å². The molecule has 0 aliphatic carbocycles. The number of rotatable bonds is 6. The number of hydrogen-bond donors (Lipinski definition) is 2. The maximum absolute atomic E-state index is 12.1. The number of halogens is 1. The predicted molar refractivity (Wildman–Crippen MR) is 113 cm³/mol. The van der Waals surface area contributed by atoms with Crippen LogP contribution in [-0.4, -0.2) is 32.2 Å². The Hall–Kier alpha value is -3.78. The number of carbonyl (C=O) groups is 2. The highest BCUT2D eigenvalue weighted by Crippen LogP contribution is 2.28. The number of carbonyl (C=O) groups excluding carboxylic acids is 2. The second-order valence-electron chi connectivity index (χ2n) is 5.93. The number of furan rings is 1. The molecule has 2 amide bonds. The third-order valence-electron chi connectivity index (χ3n) is 3.95. The highest BCUT2D eigenvalue weighted by atomic mass is 35.5. The summed E-state index contributed by atoms with van der Waals surface area (Å²) in [5.74, 6) is -0.0220. The van der Waals surface area contributed by atoms with Crippen molar-refractivity contribution in [1.82, 2.24) is 5.43 Å². The van der Waals surface area contributed by atoms with Crippen molar-refractivity contribution in [2.75, 3.05) is 19.5 Å². The Labute approximate surface area is 177 Å². The van der Waals surface area contributed by atoms with Crippen LogP contribution in [0.5, 0.6) is 11.5 Å². The lowest BCUT2D eigenvalue weighted by Crippen LogP contribution is -2.32. The Morgan fingerprint density at radius 1 is 1.03 bits per heavy atom. The standard InChI is InChI=1S/C21H18ClN3O5/c1-28-15-6-9-19(29-2)17(11-15)24-20(26)21(27)25-23-12-16-7-8-18(30-16)13-4-3-5-14(22)10-13/h3-12H,1-2H3,(H,24,26)(H,25,27)/b23-12+. The van der Waals surface area contributed by atoms with Crippen molar-refractivity contribution in [3.63, 3.8) is 0 Å². The summed E-state index contributed by atoms with van der Waals surface area (Å²) in [6.07, 6.45) is 1.28. The number of ether oxygens (including phenoxy) is 2. The topological polar surface area (TPSA) is 102 Å². The molecule has 1 heterocycles. The van der Waals surface area contributed by atoms with Gasteiger partial charge in [0, 0.05) is 16.7 Å². The van der Waals surface area contributed by atoms with E-state index in [1.54, 1.807) is 36.4 Å². The molecule has 0 radical (unpaired) electrons. The highest BCUT2D eigenvalue weighted by molar-refractivity contribution is 6.39. The molecule has 0 saturated carbocycles. The van der Waals surface area contributed by atoms with Gasteiger partial charge in [0.25, 0.3) is 0 Å². The Morgan fingerprint density at radius 2 is 1.87 bits per heavy atom.